The smallest absolute Gasteiger partial charge is 0.219 e. The second-order valence-corrected chi connectivity index (χ2v) is 5.90. The summed E-state index contributed by atoms with van der Waals surface area (Å²) in [6.45, 7) is 8.74. The first-order valence-corrected chi connectivity index (χ1v) is 8.59. The maximum absolute atomic E-state index is 11.3. The quantitative estimate of drug-likeness (QED) is 0.262. The average Bonchev–Trinajstić information content (AvgIpc) is 3.11. The Hall–Kier alpha value is -1.36. The molecule has 2 rings (SSSR count). The van der Waals surface area contributed by atoms with Crippen LogP contribution in [0.1, 0.15) is 13.3 Å². The van der Waals surface area contributed by atoms with Gasteiger partial charge in [0.1, 0.15) is 0 Å². The van der Waals surface area contributed by atoms with E-state index >= 15 is 0 Å². The lowest BCUT2D eigenvalue weighted by atomic mass is 10.3. The molecule has 2 N–H and O–H groups in total. The van der Waals surface area contributed by atoms with Crippen LogP contribution in [0.3, 0.4) is 0 Å². The number of carbonyl (C=O) groups excluding carboxylic acids is 1. The van der Waals surface area contributed by atoms with E-state index in [9.17, 15) is 4.79 Å². The SMILES string of the molecule is CN=C(NCCCn1cccn1)NCCN1CCN(C(C)=O)CC1.I. The van der Waals surface area contributed by atoms with Crippen LogP contribution in [-0.4, -0.2) is 84.3 Å². The van der Waals surface area contributed by atoms with Gasteiger partial charge in [-0.1, -0.05) is 0 Å². The first-order chi connectivity index (χ1) is 11.7. The molecule has 0 saturated carbocycles. The van der Waals surface area contributed by atoms with E-state index in [0.29, 0.717) is 0 Å². The number of hydrogen-bond acceptors (Lipinski definition) is 4. The summed E-state index contributed by atoms with van der Waals surface area (Å²) in [5.74, 6) is 1.00. The zero-order chi connectivity index (χ0) is 17.2. The fraction of sp³-hybridized carbons (Fsp3) is 0.688. The van der Waals surface area contributed by atoms with Gasteiger partial charge in [0.25, 0.3) is 0 Å². The molecule has 1 fully saturated rings. The minimum atomic E-state index is 0. The monoisotopic (exact) mass is 463 g/mol. The molecule has 1 aliphatic heterocycles. The molecule has 1 aromatic rings. The highest BCUT2D eigenvalue weighted by atomic mass is 127. The second-order valence-electron chi connectivity index (χ2n) is 5.90. The number of rotatable bonds is 7. The summed E-state index contributed by atoms with van der Waals surface area (Å²) in [4.78, 5) is 19.8. The van der Waals surface area contributed by atoms with Crippen molar-refractivity contribution in [1.82, 2.24) is 30.2 Å². The van der Waals surface area contributed by atoms with Crippen LogP contribution in [0.2, 0.25) is 0 Å². The fourth-order valence-corrected chi connectivity index (χ4v) is 2.72. The van der Waals surface area contributed by atoms with Crippen molar-refractivity contribution in [3.05, 3.63) is 18.5 Å². The highest BCUT2D eigenvalue weighted by Gasteiger charge is 2.17. The molecule has 0 spiro atoms. The van der Waals surface area contributed by atoms with Crippen molar-refractivity contribution in [2.75, 3.05) is 52.9 Å². The second kappa shape index (κ2) is 12.1. The van der Waals surface area contributed by atoms with E-state index < -0.39 is 0 Å². The highest BCUT2D eigenvalue weighted by molar-refractivity contribution is 14.0. The van der Waals surface area contributed by atoms with Crippen LogP contribution in [0.4, 0.5) is 0 Å². The van der Waals surface area contributed by atoms with Crippen LogP contribution < -0.4 is 10.6 Å². The molecule has 0 aliphatic carbocycles. The third kappa shape index (κ3) is 8.04. The number of carbonyl (C=O) groups is 1. The normalized spacial score (nSPS) is 15.6. The van der Waals surface area contributed by atoms with Gasteiger partial charge in [0.2, 0.25) is 5.91 Å². The molecule has 0 unspecified atom stereocenters. The van der Waals surface area contributed by atoms with Gasteiger partial charge in [-0.25, -0.2) is 0 Å². The number of aliphatic imine (C=N–C) groups is 1. The summed E-state index contributed by atoms with van der Waals surface area (Å²) in [7, 11) is 1.79. The van der Waals surface area contributed by atoms with Crippen LogP contribution in [0.25, 0.3) is 0 Å². The summed E-state index contributed by atoms with van der Waals surface area (Å²) in [6, 6.07) is 1.93. The maximum Gasteiger partial charge on any atom is 0.219 e. The molecule has 25 heavy (non-hydrogen) atoms. The Bertz CT molecular complexity index is 513. The molecule has 1 amide bonds. The third-order valence-electron chi connectivity index (χ3n) is 4.18. The standard InChI is InChI=1S/C16H29N7O.HI/c1-15(24)22-13-11-21(12-14-22)10-7-19-16(17-2)18-5-3-8-23-9-4-6-20-23;/h4,6,9H,3,5,7-8,10-14H2,1-2H3,(H2,17,18,19);1H. The van der Waals surface area contributed by atoms with Crippen LogP contribution in [0, 0.1) is 0 Å². The van der Waals surface area contributed by atoms with E-state index in [4.69, 9.17) is 0 Å². The minimum absolute atomic E-state index is 0. The predicted octanol–water partition coefficient (Wildman–Crippen LogP) is 0.220. The van der Waals surface area contributed by atoms with Gasteiger partial charge >= 0.3 is 0 Å². The van der Waals surface area contributed by atoms with Gasteiger partial charge in [0.05, 0.1) is 0 Å². The molecule has 1 aliphatic rings. The summed E-state index contributed by atoms with van der Waals surface area (Å²) in [5.41, 5.74) is 0. The summed E-state index contributed by atoms with van der Waals surface area (Å²) in [5, 5.41) is 10.8. The highest BCUT2D eigenvalue weighted by Crippen LogP contribution is 2.00. The summed E-state index contributed by atoms with van der Waals surface area (Å²) >= 11 is 0. The minimum Gasteiger partial charge on any atom is -0.356 e. The van der Waals surface area contributed by atoms with E-state index in [0.717, 1.165) is 64.7 Å². The molecule has 0 bridgehead atoms. The molecule has 142 valence electrons. The van der Waals surface area contributed by atoms with Gasteiger partial charge in [-0.2, -0.15) is 5.10 Å². The Morgan fingerprint density at radius 2 is 1.88 bits per heavy atom. The van der Waals surface area contributed by atoms with Crippen molar-refractivity contribution in [3.63, 3.8) is 0 Å². The number of piperazine rings is 1. The van der Waals surface area contributed by atoms with E-state index in [1.54, 1.807) is 20.2 Å². The lowest BCUT2D eigenvalue weighted by molar-refractivity contribution is -0.130. The van der Waals surface area contributed by atoms with Gasteiger partial charge < -0.3 is 15.5 Å². The number of aromatic nitrogens is 2. The number of aryl methyl sites for hydroxylation is 1. The largest absolute Gasteiger partial charge is 0.356 e. The van der Waals surface area contributed by atoms with E-state index in [-0.39, 0.29) is 29.9 Å². The van der Waals surface area contributed by atoms with Crippen molar-refractivity contribution in [2.45, 2.75) is 19.9 Å². The molecular formula is C16H30IN7O. The number of hydrogen-bond donors (Lipinski definition) is 2. The lowest BCUT2D eigenvalue weighted by Crippen LogP contribution is -2.50. The molecule has 1 aromatic heterocycles. The van der Waals surface area contributed by atoms with Crippen LogP contribution in [0.15, 0.2) is 23.5 Å². The maximum atomic E-state index is 11.3. The van der Waals surface area contributed by atoms with Gasteiger partial charge in [0, 0.05) is 78.7 Å². The number of halogens is 1. The van der Waals surface area contributed by atoms with E-state index in [2.05, 4.69) is 25.6 Å². The topological polar surface area (TPSA) is 77.8 Å². The fourth-order valence-electron chi connectivity index (χ4n) is 2.72. The predicted molar refractivity (Wildman–Crippen MR) is 110 cm³/mol. The molecule has 8 nitrogen and oxygen atoms in total. The van der Waals surface area contributed by atoms with E-state index in [1.807, 2.05) is 21.8 Å². The number of guanidine groups is 1. The van der Waals surface area contributed by atoms with Crippen LogP contribution in [-0.2, 0) is 11.3 Å². The van der Waals surface area contributed by atoms with Crippen molar-refractivity contribution >= 4 is 35.8 Å². The molecule has 0 aromatic carbocycles. The van der Waals surface area contributed by atoms with E-state index in [1.165, 1.54) is 0 Å². The zero-order valence-electron chi connectivity index (χ0n) is 15.1. The number of nitrogens with zero attached hydrogens (tertiary/aromatic N) is 5. The third-order valence-corrected chi connectivity index (χ3v) is 4.18. The van der Waals surface area contributed by atoms with Crippen LogP contribution >= 0.6 is 24.0 Å². The Labute approximate surface area is 167 Å². The van der Waals surface area contributed by atoms with Crippen LogP contribution in [0.5, 0.6) is 0 Å². The van der Waals surface area contributed by atoms with Crippen molar-refractivity contribution in [1.29, 1.82) is 0 Å². The molecule has 9 heteroatoms. The lowest BCUT2D eigenvalue weighted by Gasteiger charge is -2.34. The summed E-state index contributed by atoms with van der Waals surface area (Å²) < 4.78 is 1.93. The Morgan fingerprint density at radius 1 is 1.16 bits per heavy atom. The number of nitrogens with one attached hydrogen (secondary N) is 2. The number of amides is 1. The van der Waals surface area contributed by atoms with Crippen molar-refractivity contribution in [3.8, 4) is 0 Å². The summed E-state index contributed by atoms with van der Waals surface area (Å²) in [6.07, 6.45) is 4.76. The average molecular weight is 463 g/mol. The Morgan fingerprint density at radius 3 is 2.48 bits per heavy atom. The Balaban J connectivity index is 0.00000312. The van der Waals surface area contributed by atoms with Crippen molar-refractivity contribution in [2.24, 2.45) is 4.99 Å². The molecule has 0 atom stereocenters. The van der Waals surface area contributed by atoms with Crippen molar-refractivity contribution < 1.29 is 4.79 Å². The Kier molecular flexibility index (Phi) is 10.5. The van der Waals surface area contributed by atoms with Gasteiger partial charge in [-0.3, -0.25) is 19.4 Å². The first-order valence-electron chi connectivity index (χ1n) is 8.59. The first kappa shape index (κ1) is 21.7. The zero-order valence-corrected chi connectivity index (χ0v) is 17.5. The molecule has 1 saturated heterocycles. The molecule has 2 heterocycles. The molecular weight excluding hydrogens is 433 g/mol. The van der Waals surface area contributed by atoms with Gasteiger partial charge in [-0.15, -0.1) is 24.0 Å². The molecule has 0 radical (unpaired) electrons. The van der Waals surface area contributed by atoms with Gasteiger partial charge in [0.15, 0.2) is 5.96 Å². The van der Waals surface area contributed by atoms with Gasteiger partial charge in [-0.05, 0) is 12.5 Å².